The third-order valence-corrected chi connectivity index (χ3v) is 6.20. The summed E-state index contributed by atoms with van der Waals surface area (Å²) >= 11 is 0. The van der Waals surface area contributed by atoms with Crippen LogP contribution in [0.1, 0.15) is 73.6 Å². The standard InChI is InChI=1S/C9H20N2.C9H19N.C8H15NO/c1-9(2)8-11-6-4-10(3)5-7-11;1-9(2)8-10-6-4-3-5-7-10;1-7(2)8(10)9-5-3-4-6-9/h9H,4-8H2,1-3H3;9H,3-8H2,1-2H3;7H,3-6H2,1-2H3. The monoisotopic (exact) mass is 438 g/mol. The number of rotatable bonds is 5. The van der Waals surface area contributed by atoms with Gasteiger partial charge in [-0.05, 0) is 57.7 Å². The van der Waals surface area contributed by atoms with Crippen LogP contribution in [0, 0.1) is 17.8 Å². The van der Waals surface area contributed by atoms with Crippen molar-refractivity contribution in [3.63, 3.8) is 0 Å². The summed E-state index contributed by atoms with van der Waals surface area (Å²) in [4.78, 5) is 20.8. The third-order valence-electron chi connectivity index (χ3n) is 6.20. The molecule has 3 aliphatic heterocycles. The Hall–Kier alpha value is -0.650. The number of hydrogen-bond acceptors (Lipinski definition) is 4. The number of piperidine rings is 1. The quantitative estimate of drug-likeness (QED) is 0.641. The topological polar surface area (TPSA) is 30.0 Å². The highest BCUT2D eigenvalue weighted by molar-refractivity contribution is 5.78. The Morgan fingerprint density at radius 3 is 1.45 bits per heavy atom. The number of likely N-dealkylation sites (N-methyl/N-ethyl adjacent to an activating group) is 1. The number of piperazine rings is 1. The Kier molecular flexibility index (Phi) is 14.7. The van der Waals surface area contributed by atoms with Crippen LogP contribution in [0.4, 0.5) is 0 Å². The molecule has 5 nitrogen and oxygen atoms in total. The molecule has 0 aromatic heterocycles. The van der Waals surface area contributed by atoms with E-state index in [4.69, 9.17) is 0 Å². The number of carbonyl (C=O) groups excluding carboxylic acids is 1. The third kappa shape index (κ3) is 13.5. The molecule has 3 aliphatic rings. The van der Waals surface area contributed by atoms with E-state index in [2.05, 4.69) is 49.4 Å². The van der Waals surface area contributed by atoms with E-state index < -0.39 is 0 Å². The van der Waals surface area contributed by atoms with E-state index in [1.54, 1.807) is 0 Å². The molecule has 3 rings (SSSR count). The van der Waals surface area contributed by atoms with Crippen molar-refractivity contribution in [2.45, 2.75) is 73.6 Å². The second-order valence-electron chi connectivity index (χ2n) is 10.9. The van der Waals surface area contributed by atoms with Crippen molar-refractivity contribution in [2.75, 3.05) is 72.5 Å². The van der Waals surface area contributed by atoms with E-state index in [0.717, 1.165) is 24.9 Å². The van der Waals surface area contributed by atoms with Gasteiger partial charge in [0.25, 0.3) is 0 Å². The molecule has 0 aromatic rings. The van der Waals surface area contributed by atoms with Crippen LogP contribution in [0.25, 0.3) is 0 Å². The van der Waals surface area contributed by atoms with Gasteiger partial charge in [-0.2, -0.15) is 0 Å². The molecule has 0 aromatic carbocycles. The fourth-order valence-electron chi connectivity index (χ4n) is 4.51. The van der Waals surface area contributed by atoms with Crippen LogP contribution in [0.15, 0.2) is 0 Å². The lowest BCUT2D eigenvalue weighted by Gasteiger charge is -2.33. The number of likely N-dealkylation sites (tertiary alicyclic amines) is 2. The van der Waals surface area contributed by atoms with Crippen LogP contribution >= 0.6 is 0 Å². The second-order valence-corrected chi connectivity index (χ2v) is 10.9. The summed E-state index contributed by atoms with van der Waals surface area (Å²) in [6.45, 7) is 25.3. The largest absolute Gasteiger partial charge is 0.342 e. The van der Waals surface area contributed by atoms with Crippen LogP contribution in [-0.4, -0.2) is 98.0 Å². The summed E-state index contributed by atoms with van der Waals surface area (Å²) in [7, 11) is 2.20. The maximum atomic E-state index is 11.3. The first kappa shape index (κ1) is 28.4. The summed E-state index contributed by atoms with van der Waals surface area (Å²) in [5, 5.41) is 0. The Morgan fingerprint density at radius 1 is 0.613 bits per heavy atom. The average Bonchev–Trinajstić information content (AvgIpc) is 3.25. The van der Waals surface area contributed by atoms with Gasteiger partial charge in [0, 0.05) is 58.3 Å². The molecule has 3 saturated heterocycles. The first-order chi connectivity index (χ1) is 14.7. The first-order valence-corrected chi connectivity index (χ1v) is 13.1. The number of nitrogens with zero attached hydrogens (tertiary/aromatic N) is 4. The van der Waals surface area contributed by atoms with Crippen LogP contribution in [0.2, 0.25) is 0 Å². The van der Waals surface area contributed by atoms with Crippen molar-refractivity contribution in [1.29, 1.82) is 0 Å². The lowest BCUT2D eigenvalue weighted by molar-refractivity contribution is -0.133. The zero-order valence-electron chi connectivity index (χ0n) is 22.0. The predicted octanol–water partition coefficient (Wildman–Crippen LogP) is 4.28. The van der Waals surface area contributed by atoms with Gasteiger partial charge in [-0.1, -0.05) is 48.0 Å². The summed E-state index contributed by atoms with van der Waals surface area (Å²) < 4.78 is 0. The fraction of sp³-hybridized carbons (Fsp3) is 0.962. The van der Waals surface area contributed by atoms with Gasteiger partial charge in [-0.15, -0.1) is 0 Å². The van der Waals surface area contributed by atoms with Crippen molar-refractivity contribution >= 4 is 5.91 Å². The highest BCUT2D eigenvalue weighted by atomic mass is 16.2. The first-order valence-electron chi connectivity index (χ1n) is 13.1. The summed E-state index contributed by atoms with van der Waals surface area (Å²) in [5.74, 6) is 2.16. The van der Waals surface area contributed by atoms with Crippen molar-refractivity contribution in [2.24, 2.45) is 17.8 Å². The van der Waals surface area contributed by atoms with Gasteiger partial charge in [0.1, 0.15) is 0 Å². The lowest BCUT2D eigenvalue weighted by Crippen LogP contribution is -2.45. The van der Waals surface area contributed by atoms with Crippen LogP contribution in [0.3, 0.4) is 0 Å². The minimum atomic E-state index is 0.179. The molecular weight excluding hydrogens is 384 g/mol. The smallest absolute Gasteiger partial charge is 0.225 e. The lowest BCUT2D eigenvalue weighted by atomic mass is 10.1. The molecule has 0 N–H and O–H groups in total. The van der Waals surface area contributed by atoms with E-state index in [-0.39, 0.29) is 5.92 Å². The molecule has 0 saturated carbocycles. The van der Waals surface area contributed by atoms with E-state index in [0.29, 0.717) is 5.91 Å². The van der Waals surface area contributed by atoms with E-state index in [1.807, 2.05) is 18.7 Å². The molecule has 184 valence electrons. The van der Waals surface area contributed by atoms with Gasteiger partial charge in [-0.3, -0.25) is 4.79 Å². The van der Waals surface area contributed by atoms with Gasteiger partial charge in [-0.25, -0.2) is 0 Å². The molecule has 0 unspecified atom stereocenters. The van der Waals surface area contributed by atoms with Gasteiger partial charge in [0.15, 0.2) is 0 Å². The molecule has 3 fully saturated rings. The van der Waals surface area contributed by atoms with Crippen molar-refractivity contribution < 1.29 is 4.79 Å². The summed E-state index contributed by atoms with van der Waals surface area (Å²) in [5.41, 5.74) is 0. The molecule has 1 amide bonds. The zero-order chi connectivity index (χ0) is 23.2. The molecule has 0 radical (unpaired) electrons. The minimum absolute atomic E-state index is 0.179. The molecular formula is C26H54N4O. The average molecular weight is 439 g/mol. The van der Waals surface area contributed by atoms with Crippen LogP contribution in [0.5, 0.6) is 0 Å². The maximum absolute atomic E-state index is 11.3. The predicted molar refractivity (Wildman–Crippen MR) is 135 cm³/mol. The Balaban J connectivity index is 0.000000233. The SMILES string of the molecule is CC(C)C(=O)N1CCCC1.CC(C)CN1CCCCC1.CC(C)CN1CCN(C)CC1. The Morgan fingerprint density at radius 2 is 1.03 bits per heavy atom. The van der Waals surface area contributed by atoms with Crippen molar-refractivity contribution in [3.8, 4) is 0 Å². The van der Waals surface area contributed by atoms with Gasteiger partial charge < -0.3 is 19.6 Å². The van der Waals surface area contributed by atoms with Gasteiger partial charge >= 0.3 is 0 Å². The maximum Gasteiger partial charge on any atom is 0.225 e. The molecule has 0 aliphatic carbocycles. The number of carbonyl (C=O) groups is 1. The number of amides is 1. The normalized spacial score (nSPS) is 21.2. The zero-order valence-corrected chi connectivity index (χ0v) is 22.0. The summed E-state index contributed by atoms with van der Waals surface area (Å²) in [6, 6.07) is 0. The van der Waals surface area contributed by atoms with Gasteiger partial charge in [0.2, 0.25) is 5.91 Å². The number of hydrogen-bond donors (Lipinski definition) is 0. The van der Waals surface area contributed by atoms with E-state index >= 15 is 0 Å². The summed E-state index contributed by atoms with van der Waals surface area (Å²) in [6.07, 6.45) is 6.69. The molecule has 0 spiro atoms. The molecule has 0 atom stereocenters. The van der Waals surface area contributed by atoms with Gasteiger partial charge in [0.05, 0.1) is 0 Å². The molecule has 5 heteroatoms. The van der Waals surface area contributed by atoms with Crippen molar-refractivity contribution in [1.82, 2.24) is 19.6 Å². The molecule has 3 heterocycles. The van der Waals surface area contributed by atoms with Crippen LogP contribution < -0.4 is 0 Å². The van der Waals surface area contributed by atoms with Crippen molar-refractivity contribution in [3.05, 3.63) is 0 Å². The highest BCUT2D eigenvalue weighted by Gasteiger charge is 2.19. The Bertz CT molecular complexity index is 446. The van der Waals surface area contributed by atoms with E-state index in [1.165, 1.54) is 84.5 Å². The fourth-order valence-corrected chi connectivity index (χ4v) is 4.51. The van der Waals surface area contributed by atoms with Crippen LogP contribution in [-0.2, 0) is 4.79 Å². The second kappa shape index (κ2) is 16.0. The highest BCUT2D eigenvalue weighted by Crippen LogP contribution is 2.11. The molecule has 0 bridgehead atoms. The minimum Gasteiger partial charge on any atom is -0.342 e. The molecule has 31 heavy (non-hydrogen) atoms. The van der Waals surface area contributed by atoms with E-state index in [9.17, 15) is 4.79 Å². The Labute approximate surface area is 194 Å².